The van der Waals surface area contributed by atoms with E-state index in [1.54, 1.807) is 0 Å². The van der Waals surface area contributed by atoms with Crippen LogP contribution in [-0.2, 0) is 10.4 Å². The first-order chi connectivity index (χ1) is 13.5. The molecule has 1 aliphatic rings. The summed E-state index contributed by atoms with van der Waals surface area (Å²) in [5.74, 6) is 0.273. The fraction of sp³-hybridized carbons (Fsp3) is 0.409. The van der Waals surface area contributed by atoms with Crippen LogP contribution in [0.15, 0.2) is 42.5 Å². The summed E-state index contributed by atoms with van der Waals surface area (Å²) in [6.45, 7) is 3.84. The highest BCUT2D eigenvalue weighted by atomic mass is 16.3. The minimum atomic E-state index is -1.20. The molecule has 1 saturated carbocycles. The van der Waals surface area contributed by atoms with Crippen LogP contribution in [0.4, 0.5) is 5.95 Å². The largest absolute Gasteiger partial charge is 0.385 e. The summed E-state index contributed by atoms with van der Waals surface area (Å²) < 4.78 is 2.05. The second-order valence-electron chi connectivity index (χ2n) is 7.66. The molecule has 1 fully saturated rings. The van der Waals surface area contributed by atoms with Crippen LogP contribution in [0.2, 0.25) is 0 Å². The summed E-state index contributed by atoms with van der Waals surface area (Å²) >= 11 is 0. The van der Waals surface area contributed by atoms with Crippen molar-refractivity contribution in [3.8, 4) is 0 Å². The standard InChI is InChI=1S/C22H26N4O2/c1-3-22(28,16-8-5-4-6-9-16)14-19(27)25-21-24-18-13-12-15(2)23-20(18)26(21)17-10-7-11-17/h4-6,8-9,12-13,17,28H,3,7,10-11,14H2,1-2H3,(H,24,25,27). The quantitative estimate of drug-likeness (QED) is 0.677. The van der Waals surface area contributed by atoms with Gasteiger partial charge in [0.1, 0.15) is 5.52 Å². The van der Waals surface area contributed by atoms with Crippen LogP contribution in [0.1, 0.15) is 56.3 Å². The zero-order valence-electron chi connectivity index (χ0n) is 16.4. The Morgan fingerprint density at radius 1 is 1.21 bits per heavy atom. The van der Waals surface area contributed by atoms with E-state index in [2.05, 4.69) is 19.9 Å². The Morgan fingerprint density at radius 3 is 2.61 bits per heavy atom. The number of benzene rings is 1. The summed E-state index contributed by atoms with van der Waals surface area (Å²) in [5.41, 5.74) is 2.07. The van der Waals surface area contributed by atoms with Crippen LogP contribution < -0.4 is 5.32 Å². The van der Waals surface area contributed by atoms with Gasteiger partial charge in [0.05, 0.1) is 12.0 Å². The van der Waals surface area contributed by atoms with Gasteiger partial charge in [-0.2, -0.15) is 0 Å². The third-order valence-electron chi connectivity index (χ3n) is 5.72. The first-order valence-corrected chi connectivity index (χ1v) is 9.93. The smallest absolute Gasteiger partial charge is 0.229 e. The van der Waals surface area contributed by atoms with Gasteiger partial charge in [0.15, 0.2) is 5.65 Å². The molecule has 0 saturated heterocycles. The molecule has 1 aromatic carbocycles. The molecule has 4 rings (SSSR count). The number of aliphatic hydroxyl groups is 1. The Balaban J connectivity index is 1.61. The lowest BCUT2D eigenvalue weighted by Gasteiger charge is -2.29. The maximum Gasteiger partial charge on any atom is 0.229 e. The zero-order valence-corrected chi connectivity index (χ0v) is 16.4. The molecule has 0 spiro atoms. The number of pyridine rings is 1. The van der Waals surface area contributed by atoms with Crippen molar-refractivity contribution in [3.05, 3.63) is 53.7 Å². The molecule has 0 radical (unpaired) electrons. The fourth-order valence-corrected chi connectivity index (χ4v) is 3.76. The molecule has 3 aromatic rings. The van der Waals surface area contributed by atoms with E-state index >= 15 is 0 Å². The predicted octanol–water partition coefficient (Wildman–Crippen LogP) is 4.09. The number of anilines is 1. The molecule has 2 N–H and O–H groups in total. The van der Waals surface area contributed by atoms with Gasteiger partial charge in [-0.25, -0.2) is 9.97 Å². The monoisotopic (exact) mass is 378 g/mol. The fourth-order valence-electron chi connectivity index (χ4n) is 3.76. The summed E-state index contributed by atoms with van der Waals surface area (Å²) in [7, 11) is 0. The Bertz CT molecular complexity index is 994. The van der Waals surface area contributed by atoms with Gasteiger partial charge < -0.3 is 5.11 Å². The van der Waals surface area contributed by atoms with Gasteiger partial charge in [-0.3, -0.25) is 14.7 Å². The van der Waals surface area contributed by atoms with Gasteiger partial charge in [-0.1, -0.05) is 37.3 Å². The van der Waals surface area contributed by atoms with E-state index in [0.717, 1.165) is 35.3 Å². The zero-order chi connectivity index (χ0) is 19.7. The van der Waals surface area contributed by atoms with E-state index in [9.17, 15) is 9.90 Å². The number of nitrogens with zero attached hydrogens (tertiary/aromatic N) is 3. The summed E-state index contributed by atoms with van der Waals surface area (Å²) in [4.78, 5) is 22.1. The number of hydrogen-bond acceptors (Lipinski definition) is 4. The molecular weight excluding hydrogens is 352 g/mol. The van der Waals surface area contributed by atoms with E-state index in [-0.39, 0.29) is 12.3 Å². The summed E-state index contributed by atoms with van der Waals surface area (Å²) in [5, 5.41) is 14.0. The van der Waals surface area contributed by atoms with Crippen LogP contribution in [0.25, 0.3) is 11.2 Å². The SMILES string of the molecule is CCC(O)(CC(=O)Nc1nc2ccc(C)nc2n1C1CCC1)c1ccccc1. The molecule has 0 bridgehead atoms. The number of nitrogens with one attached hydrogen (secondary N) is 1. The predicted molar refractivity (Wildman–Crippen MR) is 109 cm³/mol. The molecule has 28 heavy (non-hydrogen) atoms. The molecule has 6 heteroatoms. The van der Waals surface area contributed by atoms with Crippen molar-refractivity contribution < 1.29 is 9.90 Å². The second-order valence-corrected chi connectivity index (χ2v) is 7.66. The van der Waals surface area contributed by atoms with Gasteiger partial charge in [0.2, 0.25) is 11.9 Å². The van der Waals surface area contributed by atoms with E-state index in [0.29, 0.717) is 18.4 Å². The van der Waals surface area contributed by atoms with Crippen LogP contribution >= 0.6 is 0 Å². The Labute approximate surface area is 164 Å². The number of aryl methyl sites for hydroxylation is 1. The molecule has 146 valence electrons. The Hall–Kier alpha value is -2.73. The van der Waals surface area contributed by atoms with Crippen LogP contribution in [0.5, 0.6) is 0 Å². The minimum absolute atomic E-state index is 0.0200. The number of fused-ring (bicyclic) bond motifs is 1. The highest BCUT2D eigenvalue weighted by molar-refractivity contribution is 5.91. The lowest BCUT2D eigenvalue weighted by molar-refractivity contribution is -0.121. The molecule has 6 nitrogen and oxygen atoms in total. The number of hydrogen-bond donors (Lipinski definition) is 2. The van der Waals surface area contributed by atoms with Crippen molar-refractivity contribution in [2.45, 2.75) is 57.6 Å². The lowest BCUT2D eigenvalue weighted by atomic mass is 9.87. The number of aromatic nitrogens is 3. The van der Waals surface area contributed by atoms with Crippen molar-refractivity contribution in [1.82, 2.24) is 14.5 Å². The minimum Gasteiger partial charge on any atom is -0.385 e. The third-order valence-corrected chi connectivity index (χ3v) is 5.72. The van der Waals surface area contributed by atoms with Crippen molar-refractivity contribution in [2.75, 3.05) is 5.32 Å². The number of carbonyl (C=O) groups excluding carboxylic acids is 1. The van der Waals surface area contributed by atoms with Crippen molar-refractivity contribution in [3.63, 3.8) is 0 Å². The van der Waals surface area contributed by atoms with E-state index in [4.69, 9.17) is 0 Å². The number of imidazole rings is 1. The van der Waals surface area contributed by atoms with Crippen LogP contribution in [0, 0.1) is 6.92 Å². The van der Waals surface area contributed by atoms with Crippen LogP contribution in [-0.4, -0.2) is 25.5 Å². The molecule has 2 aromatic heterocycles. The van der Waals surface area contributed by atoms with E-state index in [1.165, 1.54) is 6.42 Å². The molecule has 0 aliphatic heterocycles. The van der Waals surface area contributed by atoms with Gasteiger partial charge in [-0.05, 0) is 50.3 Å². The Morgan fingerprint density at radius 2 is 1.96 bits per heavy atom. The number of rotatable bonds is 6. The van der Waals surface area contributed by atoms with Gasteiger partial charge in [0, 0.05) is 11.7 Å². The van der Waals surface area contributed by atoms with Gasteiger partial charge in [-0.15, -0.1) is 0 Å². The first-order valence-electron chi connectivity index (χ1n) is 9.93. The molecule has 1 aliphatic carbocycles. The van der Waals surface area contributed by atoms with Crippen molar-refractivity contribution >= 4 is 23.0 Å². The molecular formula is C22H26N4O2. The molecule has 2 heterocycles. The maximum atomic E-state index is 12.8. The van der Waals surface area contributed by atoms with Crippen molar-refractivity contribution in [1.29, 1.82) is 0 Å². The average molecular weight is 378 g/mol. The van der Waals surface area contributed by atoms with E-state index in [1.807, 2.05) is 56.3 Å². The third kappa shape index (κ3) is 3.40. The average Bonchev–Trinajstić information content (AvgIpc) is 2.98. The highest BCUT2D eigenvalue weighted by Gasteiger charge is 2.32. The Kier molecular flexibility index (Phi) is 4.89. The molecule has 1 atom stereocenters. The normalized spacial score (nSPS) is 16.5. The van der Waals surface area contributed by atoms with E-state index < -0.39 is 5.60 Å². The van der Waals surface area contributed by atoms with Crippen LogP contribution in [0.3, 0.4) is 0 Å². The summed E-state index contributed by atoms with van der Waals surface area (Å²) in [6.07, 6.45) is 3.73. The summed E-state index contributed by atoms with van der Waals surface area (Å²) in [6, 6.07) is 13.5. The van der Waals surface area contributed by atoms with Gasteiger partial charge in [0.25, 0.3) is 0 Å². The number of amides is 1. The second kappa shape index (κ2) is 7.36. The number of carbonyl (C=O) groups is 1. The van der Waals surface area contributed by atoms with Crippen molar-refractivity contribution in [2.24, 2.45) is 0 Å². The topological polar surface area (TPSA) is 80.0 Å². The van der Waals surface area contributed by atoms with Gasteiger partial charge >= 0.3 is 0 Å². The molecule has 1 unspecified atom stereocenters. The first kappa shape index (κ1) is 18.6. The maximum absolute atomic E-state index is 12.8. The highest BCUT2D eigenvalue weighted by Crippen LogP contribution is 2.37. The lowest BCUT2D eigenvalue weighted by Crippen LogP contribution is -2.32. The molecule has 1 amide bonds.